The number of ether oxygens (including phenoxy) is 1. The van der Waals surface area contributed by atoms with Gasteiger partial charge in [-0.1, -0.05) is 36.4 Å². The lowest BCUT2D eigenvalue weighted by atomic mass is 10.1. The second kappa shape index (κ2) is 11.6. The average molecular weight is 361 g/mol. The molecule has 0 aliphatic heterocycles. The Kier molecular flexibility index (Phi) is 9.45. The SMILES string of the molecule is CNC(CO)CCOc1cccc2ccccc12.O=C(O)/C=C\C(=O)O. The molecule has 0 bridgehead atoms. The summed E-state index contributed by atoms with van der Waals surface area (Å²) in [7, 11) is 1.85. The normalized spacial score (nSPS) is 11.6. The Balaban J connectivity index is 0.000000359. The third-order valence-electron chi connectivity index (χ3n) is 3.47. The minimum atomic E-state index is -1.26. The van der Waals surface area contributed by atoms with Gasteiger partial charge in [0.05, 0.1) is 13.2 Å². The molecule has 0 radical (unpaired) electrons. The number of rotatable bonds is 8. The van der Waals surface area contributed by atoms with Crippen molar-refractivity contribution in [1.82, 2.24) is 5.32 Å². The summed E-state index contributed by atoms with van der Waals surface area (Å²) in [6.45, 7) is 0.732. The summed E-state index contributed by atoms with van der Waals surface area (Å²) in [6, 6.07) is 14.3. The molecule has 2 aromatic carbocycles. The number of carboxylic acids is 2. The van der Waals surface area contributed by atoms with E-state index < -0.39 is 11.9 Å². The fraction of sp³-hybridized carbons (Fsp3) is 0.263. The van der Waals surface area contributed by atoms with Crippen LogP contribution in [0.2, 0.25) is 0 Å². The van der Waals surface area contributed by atoms with E-state index in [4.69, 9.17) is 20.1 Å². The van der Waals surface area contributed by atoms with Gasteiger partial charge in [0.1, 0.15) is 5.75 Å². The first-order valence-corrected chi connectivity index (χ1v) is 8.00. The van der Waals surface area contributed by atoms with E-state index in [9.17, 15) is 9.59 Å². The number of hydrogen-bond donors (Lipinski definition) is 4. The first-order chi connectivity index (χ1) is 12.5. The lowest BCUT2D eigenvalue weighted by Crippen LogP contribution is -2.30. The van der Waals surface area contributed by atoms with Gasteiger partial charge in [-0.3, -0.25) is 0 Å². The largest absolute Gasteiger partial charge is 0.493 e. The Labute approximate surface area is 151 Å². The number of nitrogens with one attached hydrogen (secondary N) is 1. The van der Waals surface area contributed by atoms with Gasteiger partial charge in [-0.05, 0) is 24.9 Å². The van der Waals surface area contributed by atoms with Crippen LogP contribution in [0.4, 0.5) is 0 Å². The highest BCUT2D eigenvalue weighted by molar-refractivity contribution is 5.89. The molecule has 0 amide bonds. The minimum Gasteiger partial charge on any atom is -0.493 e. The highest BCUT2D eigenvalue weighted by atomic mass is 16.5. The number of carboxylic acid groups (broad SMARTS) is 2. The summed E-state index contributed by atoms with van der Waals surface area (Å²) in [4.78, 5) is 19.1. The molecular formula is C19H23NO6. The molecule has 7 heteroatoms. The highest BCUT2D eigenvalue weighted by Gasteiger charge is 2.05. The van der Waals surface area contributed by atoms with Gasteiger partial charge in [0.2, 0.25) is 0 Å². The number of aliphatic hydroxyl groups is 1. The summed E-state index contributed by atoms with van der Waals surface area (Å²) in [5, 5.41) is 30.1. The summed E-state index contributed by atoms with van der Waals surface area (Å²) >= 11 is 0. The molecule has 0 saturated heterocycles. The minimum absolute atomic E-state index is 0.0972. The zero-order valence-electron chi connectivity index (χ0n) is 14.5. The Bertz CT molecular complexity index is 718. The zero-order chi connectivity index (χ0) is 19.4. The van der Waals surface area contributed by atoms with Crippen molar-refractivity contribution in [2.24, 2.45) is 0 Å². The number of hydrogen-bond acceptors (Lipinski definition) is 5. The third-order valence-corrected chi connectivity index (χ3v) is 3.47. The molecule has 4 N–H and O–H groups in total. The van der Waals surface area contributed by atoms with Crippen LogP contribution in [0.1, 0.15) is 6.42 Å². The first kappa shape index (κ1) is 21.1. The van der Waals surface area contributed by atoms with Crippen molar-refractivity contribution in [3.8, 4) is 5.75 Å². The van der Waals surface area contributed by atoms with Crippen LogP contribution in [-0.2, 0) is 9.59 Å². The maximum atomic E-state index is 9.55. The number of aliphatic carboxylic acids is 2. The Morgan fingerprint density at radius 3 is 2.27 bits per heavy atom. The molecule has 1 atom stereocenters. The van der Waals surface area contributed by atoms with Crippen molar-refractivity contribution >= 4 is 22.7 Å². The van der Waals surface area contributed by atoms with Crippen LogP contribution in [0, 0.1) is 0 Å². The van der Waals surface area contributed by atoms with Crippen LogP contribution in [0.5, 0.6) is 5.75 Å². The predicted octanol–water partition coefficient (Wildman–Crippen LogP) is 1.90. The van der Waals surface area contributed by atoms with Crippen LogP contribution in [0.25, 0.3) is 10.8 Å². The van der Waals surface area contributed by atoms with Gasteiger partial charge < -0.3 is 25.4 Å². The molecule has 2 rings (SSSR count). The van der Waals surface area contributed by atoms with Crippen molar-refractivity contribution in [3.05, 3.63) is 54.6 Å². The van der Waals surface area contributed by atoms with Crippen molar-refractivity contribution in [2.45, 2.75) is 12.5 Å². The maximum absolute atomic E-state index is 9.55. The quantitative estimate of drug-likeness (QED) is 0.531. The van der Waals surface area contributed by atoms with Gasteiger partial charge in [0.25, 0.3) is 0 Å². The number of fused-ring (bicyclic) bond motifs is 1. The van der Waals surface area contributed by atoms with Crippen LogP contribution < -0.4 is 10.1 Å². The van der Waals surface area contributed by atoms with Crippen molar-refractivity contribution in [2.75, 3.05) is 20.3 Å². The molecule has 2 aromatic rings. The van der Waals surface area contributed by atoms with Crippen LogP contribution in [0.15, 0.2) is 54.6 Å². The van der Waals surface area contributed by atoms with E-state index in [0.717, 1.165) is 17.6 Å². The van der Waals surface area contributed by atoms with Crippen LogP contribution >= 0.6 is 0 Å². The van der Waals surface area contributed by atoms with E-state index in [1.54, 1.807) is 0 Å². The number of aliphatic hydroxyl groups excluding tert-OH is 1. The lowest BCUT2D eigenvalue weighted by molar-refractivity contribution is -0.134. The molecule has 0 heterocycles. The fourth-order valence-corrected chi connectivity index (χ4v) is 2.10. The Hall–Kier alpha value is -2.90. The maximum Gasteiger partial charge on any atom is 0.328 e. The van der Waals surface area contributed by atoms with E-state index in [1.807, 2.05) is 31.3 Å². The van der Waals surface area contributed by atoms with E-state index >= 15 is 0 Å². The zero-order valence-corrected chi connectivity index (χ0v) is 14.5. The van der Waals surface area contributed by atoms with Crippen LogP contribution in [-0.4, -0.2) is 53.6 Å². The molecule has 0 aromatic heterocycles. The van der Waals surface area contributed by atoms with Crippen molar-refractivity contribution in [1.29, 1.82) is 0 Å². The molecular weight excluding hydrogens is 338 g/mol. The monoisotopic (exact) mass is 361 g/mol. The number of carbonyl (C=O) groups is 2. The van der Waals surface area contributed by atoms with E-state index in [1.165, 1.54) is 5.39 Å². The first-order valence-electron chi connectivity index (χ1n) is 8.00. The highest BCUT2D eigenvalue weighted by Crippen LogP contribution is 2.25. The van der Waals surface area contributed by atoms with Crippen molar-refractivity contribution in [3.63, 3.8) is 0 Å². The second-order valence-electron chi connectivity index (χ2n) is 5.29. The van der Waals surface area contributed by atoms with Gasteiger partial charge >= 0.3 is 11.9 Å². The Morgan fingerprint density at radius 2 is 1.69 bits per heavy atom. The average Bonchev–Trinajstić information content (AvgIpc) is 2.64. The molecule has 0 aliphatic carbocycles. The standard InChI is InChI=1S/C15H19NO2.C4H4O4/c1-16-13(11-17)9-10-18-15-8-4-6-12-5-2-3-7-14(12)15;5-3(6)1-2-4(7)8/h2-8,13,16-17H,9-11H2,1H3;1-2H,(H,5,6)(H,7,8)/b;2-1-. The van der Waals surface area contributed by atoms with Gasteiger partial charge in [-0.2, -0.15) is 0 Å². The molecule has 0 aliphatic rings. The van der Waals surface area contributed by atoms with Gasteiger partial charge in [-0.15, -0.1) is 0 Å². The van der Waals surface area contributed by atoms with E-state index in [-0.39, 0.29) is 12.6 Å². The van der Waals surface area contributed by atoms with Gasteiger partial charge in [0, 0.05) is 23.6 Å². The second-order valence-corrected chi connectivity index (χ2v) is 5.29. The summed E-state index contributed by atoms with van der Waals surface area (Å²) in [6.07, 6.45) is 1.90. The lowest BCUT2D eigenvalue weighted by Gasteiger charge is -2.14. The predicted molar refractivity (Wildman–Crippen MR) is 98.4 cm³/mol. The van der Waals surface area contributed by atoms with E-state index in [0.29, 0.717) is 18.8 Å². The van der Waals surface area contributed by atoms with E-state index in [2.05, 4.69) is 23.5 Å². The molecule has 0 fully saturated rings. The molecule has 140 valence electrons. The number of likely N-dealkylation sites (N-methyl/N-ethyl adjacent to an activating group) is 1. The molecule has 7 nitrogen and oxygen atoms in total. The van der Waals surface area contributed by atoms with Crippen molar-refractivity contribution < 1.29 is 29.6 Å². The summed E-state index contributed by atoms with van der Waals surface area (Å²) in [5.41, 5.74) is 0. The smallest absolute Gasteiger partial charge is 0.328 e. The Morgan fingerprint density at radius 1 is 1.08 bits per heavy atom. The molecule has 0 saturated carbocycles. The molecule has 1 unspecified atom stereocenters. The fourth-order valence-electron chi connectivity index (χ4n) is 2.10. The van der Waals surface area contributed by atoms with Crippen LogP contribution in [0.3, 0.4) is 0 Å². The third kappa shape index (κ3) is 7.78. The van der Waals surface area contributed by atoms with Gasteiger partial charge in [-0.25, -0.2) is 9.59 Å². The number of benzene rings is 2. The summed E-state index contributed by atoms with van der Waals surface area (Å²) in [5.74, 6) is -1.61. The molecule has 26 heavy (non-hydrogen) atoms. The summed E-state index contributed by atoms with van der Waals surface area (Å²) < 4.78 is 5.80. The van der Waals surface area contributed by atoms with Gasteiger partial charge in [0.15, 0.2) is 0 Å². The molecule has 0 spiro atoms. The topological polar surface area (TPSA) is 116 Å².